The number of nitrogens with one attached hydrogen (secondary N) is 3. The maximum atomic E-state index is 14.1. The van der Waals surface area contributed by atoms with E-state index in [1.54, 1.807) is 6.07 Å². The lowest BCUT2D eigenvalue weighted by Crippen LogP contribution is -2.39. The van der Waals surface area contributed by atoms with Crippen LogP contribution < -0.4 is 16.0 Å². The van der Waals surface area contributed by atoms with Gasteiger partial charge in [0.2, 0.25) is 0 Å². The first kappa shape index (κ1) is 23.6. The number of thiophene rings is 1. The zero-order valence-electron chi connectivity index (χ0n) is 16.5. The van der Waals surface area contributed by atoms with Gasteiger partial charge in [-0.1, -0.05) is 24.3 Å². The number of carbonyl (C=O) groups is 1. The van der Waals surface area contributed by atoms with Crippen molar-refractivity contribution in [1.29, 1.82) is 0 Å². The molecule has 3 rings (SSSR count). The van der Waals surface area contributed by atoms with E-state index in [2.05, 4.69) is 20.9 Å². The Kier molecular flexibility index (Phi) is 9.35. The molecule has 0 spiro atoms. The summed E-state index contributed by atoms with van der Waals surface area (Å²) in [6, 6.07) is 10.7. The Morgan fingerprint density at radius 2 is 1.90 bits per heavy atom. The minimum atomic E-state index is -0.164. The van der Waals surface area contributed by atoms with Gasteiger partial charge in [-0.15, -0.1) is 35.3 Å². The molecule has 5 nitrogen and oxygen atoms in total. The van der Waals surface area contributed by atoms with Gasteiger partial charge < -0.3 is 16.0 Å². The maximum absolute atomic E-state index is 14.1. The Hall–Kier alpha value is -1.68. The van der Waals surface area contributed by atoms with Crippen molar-refractivity contribution < 1.29 is 9.18 Å². The standard InChI is InChI=1S/C21H27FN4OS.HI/c1-2-23-20(25-13-6-12-24-19(27)18-9-5-14-28-18)26-15-21(10-11-21)16-7-3-4-8-17(16)22;/h3-5,7-9,14H,2,6,10-13,15H2,1H3,(H,24,27)(H2,23,25,26);1H. The molecule has 2 aromatic rings. The summed E-state index contributed by atoms with van der Waals surface area (Å²) in [5, 5.41) is 11.3. The molecule has 8 heteroatoms. The first-order valence-electron chi connectivity index (χ1n) is 9.73. The molecule has 0 bridgehead atoms. The van der Waals surface area contributed by atoms with E-state index in [4.69, 9.17) is 0 Å². The SMILES string of the molecule is CCNC(=NCC1(c2ccccc2F)CC1)NCCCNC(=O)c1cccs1.I. The molecule has 0 saturated heterocycles. The van der Waals surface area contributed by atoms with Crippen LogP contribution in [0.4, 0.5) is 4.39 Å². The highest BCUT2D eigenvalue weighted by Crippen LogP contribution is 2.49. The zero-order valence-corrected chi connectivity index (χ0v) is 19.7. The van der Waals surface area contributed by atoms with Crippen LogP contribution in [0, 0.1) is 5.82 Å². The van der Waals surface area contributed by atoms with E-state index >= 15 is 0 Å². The van der Waals surface area contributed by atoms with E-state index in [0.29, 0.717) is 19.6 Å². The number of carbonyl (C=O) groups excluding carboxylic acids is 1. The van der Waals surface area contributed by atoms with E-state index in [1.165, 1.54) is 17.4 Å². The summed E-state index contributed by atoms with van der Waals surface area (Å²) in [6.07, 6.45) is 2.72. The molecule has 29 heavy (non-hydrogen) atoms. The predicted octanol–water partition coefficient (Wildman–Crippen LogP) is 3.91. The minimum Gasteiger partial charge on any atom is -0.357 e. The van der Waals surface area contributed by atoms with Crippen molar-refractivity contribution >= 4 is 47.2 Å². The summed E-state index contributed by atoms with van der Waals surface area (Å²) in [4.78, 5) is 17.3. The minimum absolute atomic E-state index is 0. The second kappa shape index (κ2) is 11.5. The fourth-order valence-electron chi connectivity index (χ4n) is 3.12. The molecule has 1 saturated carbocycles. The highest BCUT2D eigenvalue weighted by molar-refractivity contribution is 14.0. The molecule has 0 unspecified atom stereocenters. The lowest BCUT2D eigenvalue weighted by molar-refractivity contribution is 0.0957. The van der Waals surface area contributed by atoms with Crippen molar-refractivity contribution in [2.75, 3.05) is 26.2 Å². The number of benzene rings is 1. The van der Waals surface area contributed by atoms with Gasteiger partial charge in [0, 0.05) is 25.0 Å². The van der Waals surface area contributed by atoms with Crippen molar-refractivity contribution in [2.24, 2.45) is 4.99 Å². The van der Waals surface area contributed by atoms with Crippen molar-refractivity contribution in [2.45, 2.75) is 31.6 Å². The van der Waals surface area contributed by atoms with Crippen molar-refractivity contribution in [3.63, 3.8) is 0 Å². The molecule has 0 atom stereocenters. The molecule has 3 N–H and O–H groups in total. The van der Waals surface area contributed by atoms with Gasteiger partial charge in [-0.3, -0.25) is 9.79 Å². The van der Waals surface area contributed by atoms with Crippen LogP contribution in [0.1, 0.15) is 41.4 Å². The number of nitrogens with zero attached hydrogens (tertiary/aromatic N) is 1. The van der Waals surface area contributed by atoms with Gasteiger partial charge in [0.25, 0.3) is 5.91 Å². The van der Waals surface area contributed by atoms with Crippen molar-refractivity contribution in [1.82, 2.24) is 16.0 Å². The summed E-state index contributed by atoms with van der Waals surface area (Å²) in [5.74, 6) is 0.556. The molecule has 1 aliphatic carbocycles. The van der Waals surface area contributed by atoms with Gasteiger partial charge in [-0.2, -0.15) is 0 Å². The molecular formula is C21H28FIN4OS. The lowest BCUT2D eigenvalue weighted by Gasteiger charge is -2.16. The normalized spacial score (nSPS) is 14.6. The van der Waals surface area contributed by atoms with Crippen molar-refractivity contribution in [3.05, 3.63) is 58.0 Å². The Balaban J connectivity index is 0.00000300. The highest BCUT2D eigenvalue weighted by atomic mass is 127. The summed E-state index contributed by atoms with van der Waals surface area (Å²) in [5.41, 5.74) is 0.605. The predicted molar refractivity (Wildman–Crippen MR) is 128 cm³/mol. The second-order valence-corrected chi connectivity index (χ2v) is 7.92. The largest absolute Gasteiger partial charge is 0.357 e. The monoisotopic (exact) mass is 530 g/mol. The number of guanidine groups is 1. The van der Waals surface area contributed by atoms with E-state index in [-0.39, 0.29) is 41.1 Å². The average Bonchev–Trinajstić information content (AvgIpc) is 3.27. The highest BCUT2D eigenvalue weighted by Gasteiger charge is 2.45. The van der Waals surface area contributed by atoms with Gasteiger partial charge in [-0.05, 0) is 49.3 Å². The first-order chi connectivity index (χ1) is 13.6. The number of hydrogen-bond acceptors (Lipinski definition) is 3. The molecule has 1 aromatic heterocycles. The topological polar surface area (TPSA) is 65.5 Å². The maximum Gasteiger partial charge on any atom is 0.261 e. The van der Waals surface area contributed by atoms with Crippen LogP contribution in [0.3, 0.4) is 0 Å². The van der Waals surface area contributed by atoms with E-state index in [9.17, 15) is 9.18 Å². The molecule has 158 valence electrons. The van der Waals surface area contributed by atoms with Gasteiger partial charge in [0.1, 0.15) is 5.82 Å². The van der Waals surface area contributed by atoms with Crippen LogP contribution >= 0.6 is 35.3 Å². The third-order valence-corrected chi connectivity index (χ3v) is 5.73. The van der Waals surface area contributed by atoms with Crippen LogP contribution in [0.15, 0.2) is 46.8 Å². The molecular weight excluding hydrogens is 502 g/mol. The van der Waals surface area contributed by atoms with Gasteiger partial charge in [0.15, 0.2) is 5.96 Å². The summed E-state index contributed by atoms with van der Waals surface area (Å²) >= 11 is 1.44. The summed E-state index contributed by atoms with van der Waals surface area (Å²) in [7, 11) is 0. The van der Waals surface area contributed by atoms with E-state index < -0.39 is 0 Å². The average molecular weight is 530 g/mol. The molecule has 1 fully saturated rings. The van der Waals surface area contributed by atoms with Crippen LogP contribution in [0.5, 0.6) is 0 Å². The van der Waals surface area contributed by atoms with Crippen LogP contribution in [-0.4, -0.2) is 38.0 Å². The first-order valence-corrected chi connectivity index (χ1v) is 10.6. The molecule has 0 aliphatic heterocycles. The van der Waals surface area contributed by atoms with E-state index in [0.717, 1.165) is 42.2 Å². The second-order valence-electron chi connectivity index (χ2n) is 6.97. The molecule has 1 amide bonds. The number of hydrogen-bond donors (Lipinski definition) is 3. The molecule has 1 aromatic carbocycles. The third kappa shape index (κ3) is 6.67. The zero-order chi connectivity index (χ0) is 19.8. The number of rotatable bonds is 9. The smallest absolute Gasteiger partial charge is 0.261 e. The van der Waals surface area contributed by atoms with E-state index in [1.807, 2.05) is 36.6 Å². The van der Waals surface area contributed by atoms with Crippen molar-refractivity contribution in [3.8, 4) is 0 Å². The lowest BCUT2D eigenvalue weighted by atomic mass is 9.95. The Labute approximate surface area is 192 Å². The van der Waals surface area contributed by atoms with Gasteiger partial charge >= 0.3 is 0 Å². The van der Waals surface area contributed by atoms with Crippen LogP contribution in [0.25, 0.3) is 0 Å². The fourth-order valence-corrected chi connectivity index (χ4v) is 3.76. The Morgan fingerprint density at radius 3 is 2.55 bits per heavy atom. The third-order valence-electron chi connectivity index (χ3n) is 4.86. The molecule has 0 radical (unpaired) electrons. The Bertz CT molecular complexity index is 809. The van der Waals surface area contributed by atoms with Gasteiger partial charge in [0.05, 0.1) is 11.4 Å². The number of halogens is 2. The summed E-state index contributed by atoms with van der Waals surface area (Å²) < 4.78 is 14.1. The fraction of sp³-hybridized carbons (Fsp3) is 0.429. The Morgan fingerprint density at radius 1 is 1.14 bits per heavy atom. The molecule has 1 heterocycles. The quantitative estimate of drug-likeness (QED) is 0.200. The van der Waals surface area contributed by atoms with Crippen LogP contribution in [-0.2, 0) is 5.41 Å². The number of amides is 1. The number of aliphatic imine (C=N–C) groups is 1. The summed E-state index contributed by atoms with van der Waals surface area (Å²) in [6.45, 7) is 4.64. The molecule has 1 aliphatic rings. The van der Waals surface area contributed by atoms with Gasteiger partial charge in [-0.25, -0.2) is 4.39 Å². The van der Waals surface area contributed by atoms with Crippen LogP contribution in [0.2, 0.25) is 0 Å².